The van der Waals surface area contributed by atoms with Crippen molar-refractivity contribution in [2.24, 2.45) is 17.4 Å². The molecule has 2 N–H and O–H groups in total. The van der Waals surface area contributed by atoms with Gasteiger partial charge in [-0.2, -0.15) is 10.2 Å². The number of benzene rings is 2. The molecule has 31 heavy (non-hydrogen) atoms. The highest BCUT2D eigenvalue weighted by Crippen LogP contribution is 2.42. The van der Waals surface area contributed by atoms with Crippen LogP contribution in [0.15, 0.2) is 65.2 Å². The van der Waals surface area contributed by atoms with E-state index < -0.39 is 0 Å². The van der Waals surface area contributed by atoms with Gasteiger partial charge in [0.1, 0.15) is 0 Å². The van der Waals surface area contributed by atoms with E-state index in [9.17, 15) is 5.11 Å². The Morgan fingerprint density at radius 2 is 2.00 bits per heavy atom. The summed E-state index contributed by atoms with van der Waals surface area (Å²) in [5.74, 6) is 0. The molecule has 0 fully saturated rings. The Labute approximate surface area is 182 Å². The van der Waals surface area contributed by atoms with Crippen LogP contribution < -0.4 is 5.32 Å². The third-order valence-electron chi connectivity index (χ3n) is 6.32. The number of hydrogen-bond donors (Lipinski definition) is 2. The SMILES string of the molecule is CC1N=NN2CCC(Nc3ccccc3CCO)c3cc(-c4cnn(C)c4)ccc3C12. The zero-order valence-electron chi connectivity index (χ0n) is 17.9. The van der Waals surface area contributed by atoms with Gasteiger partial charge in [-0.15, -0.1) is 0 Å². The third kappa shape index (κ3) is 3.70. The predicted octanol–water partition coefficient (Wildman–Crippen LogP) is 4.29. The van der Waals surface area contributed by atoms with Gasteiger partial charge in [0.15, 0.2) is 0 Å². The number of anilines is 1. The van der Waals surface area contributed by atoms with Crippen LogP contribution in [0.25, 0.3) is 11.1 Å². The van der Waals surface area contributed by atoms with Gasteiger partial charge in [-0.1, -0.05) is 35.6 Å². The summed E-state index contributed by atoms with van der Waals surface area (Å²) in [6.45, 7) is 3.12. The summed E-state index contributed by atoms with van der Waals surface area (Å²) in [6.07, 6.45) is 5.51. The lowest BCUT2D eigenvalue weighted by atomic mass is 9.90. The highest BCUT2D eigenvalue weighted by molar-refractivity contribution is 5.65. The molecule has 3 unspecified atom stereocenters. The second-order valence-electron chi connectivity index (χ2n) is 8.42. The van der Waals surface area contributed by atoms with Crippen molar-refractivity contribution in [1.29, 1.82) is 0 Å². The van der Waals surface area contributed by atoms with E-state index in [1.807, 2.05) is 36.3 Å². The number of para-hydroxylation sites is 1. The van der Waals surface area contributed by atoms with Crippen molar-refractivity contribution in [2.45, 2.75) is 37.9 Å². The Morgan fingerprint density at radius 3 is 2.81 bits per heavy atom. The average Bonchev–Trinajstić information content (AvgIpc) is 3.33. The van der Waals surface area contributed by atoms with E-state index in [4.69, 9.17) is 0 Å². The molecule has 0 saturated heterocycles. The molecule has 2 aliphatic rings. The Balaban J connectivity index is 1.58. The molecular formula is C24H28N6O. The van der Waals surface area contributed by atoms with Crippen LogP contribution in [0.4, 0.5) is 5.69 Å². The van der Waals surface area contributed by atoms with E-state index in [2.05, 4.69) is 63.0 Å². The molecule has 7 nitrogen and oxygen atoms in total. The molecule has 0 radical (unpaired) electrons. The van der Waals surface area contributed by atoms with Crippen molar-refractivity contribution in [3.05, 3.63) is 71.5 Å². The number of aliphatic hydroxyl groups is 1. The smallest absolute Gasteiger partial charge is 0.0979 e. The van der Waals surface area contributed by atoms with Crippen LogP contribution in [-0.2, 0) is 13.5 Å². The molecule has 0 bridgehead atoms. The molecule has 3 aromatic rings. The Hall–Kier alpha value is -3.19. The van der Waals surface area contributed by atoms with Crippen LogP contribution in [0, 0.1) is 0 Å². The lowest BCUT2D eigenvalue weighted by Crippen LogP contribution is -2.25. The number of aliphatic hydroxyl groups excluding tert-OH is 1. The van der Waals surface area contributed by atoms with Gasteiger partial charge >= 0.3 is 0 Å². The number of rotatable bonds is 5. The molecule has 1 aromatic heterocycles. The predicted molar refractivity (Wildman–Crippen MR) is 121 cm³/mol. The first-order valence-corrected chi connectivity index (χ1v) is 10.9. The fraction of sp³-hybridized carbons (Fsp3) is 0.375. The van der Waals surface area contributed by atoms with Gasteiger partial charge in [0.25, 0.3) is 0 Å². The van der Waals surface area contributed by atoms with Crippen molar-refractivity contribution in [2.75, 3.05) is 18.5 Å². The van der Waals surface area contributed by atoms with Gasteiger partial charge in [-0.05, 0) is 54.2 Å². The maximum Gasteiger partial charge on any atom is 0.0979 e. The Kier molecular flexibility index (Phi) is 5.19. The first-order chi connectivity index (χ1) is 15.1. The first-order valence-electron chi connectivity index (χ1n) is 10.9. The number of nitrogens with one attached hydrogen (secondary N) is 1. The number of aryl methyl sites for hydroxylation is 1. The van der Waals surface area contributed by atoms with Gasteiger partial charge in [0, 0.05) is 37.6 Å². The number of fused-ring (bicyclic) bond motifs is 3. The lowest BCUT2D eigenvalue weighted by molar-refractivity contribution is 0.227. The molecular weight excluding hydrogens is 388 g/mol. The summed E-state index contributed by atoms with van der Waals surface area (Å²) in [4.78, 5) is 0. The molecule has 5 rings (SSSR count). The summed E-state index contributed by atoms with van der Waals surface area (Å²) < 4.78 is 1.83. The van der Waals surface area contributed by atoms with Crippen LogP contribution in [0.2, 0.25) is 0 Å². The zero-order valence-corrected chi connectivity index (χ0v) is 17.9. The van der Waals surface area contributed by atoms with Crippen LogP contribution in [0.3, 0.4) is 0 Å². The van der Waals surface area contributed by atoms with E-state index in [0.29, 0.717) is 6.42 Å². The van der Waals surface area contributed by atoms with Crippen LogP contribution in [0.5, 0.6) is 0 Å². The average molecular weight is 417 g/mol. The molecule has 7 heteroatoms. The van der Waals surface area contributed by atoms with Gasteiger partial charge in [-0.25, -0.2) is 0 Å². The topological polar surface area (TPSA) is 78.0 Å². The van der Waals surface area contributed by atoms with E-state index in [0.717, 1.165) is 35.3 Å². The summed E-state index contributed by atoms with van der Waals surface area (Å²) in [5, 5.41) is 28.7. The maximum absolute atomic E-state index is 9.49. The molecule has 0 amide bonds. The van der Waals surface area contributed by atoms with Crippen molar-refractivity contribution in [3.63, 3.8) is 0 Å². The quantitative estimate of drug-likeness (QED) is 0.650. The highest BCUT2D eigenvalue weighted by atomic mass is 16.2. The molecule has 3 heterocycles. The maximum atomic E-state index is 9.49. The van der Waals surface area contributed by atoms with Crippen molar-refractivity contribution in [1.82, 2.24) is 14.8 Å². The summed E-state index contributed by atoms with van der Waals surface area (Å²) >= 11 is 0. The second-order valence-corrected chi connectivity index (χ2v) is 8.42. The molecule has 2 aliphatic heterocycles. The minimum Gasteiger partial charge on any atom is -0.396 e. The fourth-order valence-electron chi connectivity index (χ4n) is 4.77. The molecule has 2 aromatic carbocycles. The van der Waals surface area contributed by atoms with Crippen LogP contribution >= 0.6 is 0 Å². The highest BCUT2D eigenvalue weighted by Gasteiger charge is 2.37. The number of nitrogens with zero attached hydrogens (tertiary/aromatic N) is 5. The van der Waals surface area contributed by atoms with E-state index in [1.54, 1.807) is 0 Å². The molecule has 3 atom stereocenters. The van der Waals surface area contributed by atoms with Gasteiger partial charge in [0.05, 0.1) is 24.3 Å². The fourth-order valence-corrected chi connectivity index (χ4v) is 4.77. The van der Waals surface area contributed by atoms with E-state index in [-0.39, 0.29) is 24.7 Å². The molecule has 0 spiro atoms. The van der Waals surface area contributed by atoms with Crippen molar-refractivity contribution >= 4 is 5.69 Å². The van der Waals surface area contributed by atoms with Crippen LogP contribution in [-0.4, -0.2) is 39.1 Å². The normalized spacial score (nSPS) is 22.2. The monoisotopic (exact) mass is 416 g/mol. The van der Waals surface area contributed by atoms with Gasteiger partial charge in [-0.3, -0.25) is 9.69 Å². The summed E-state index contributed by atoms with van der Waals surface area (Å²) in [5.41, 5.74) is 7.05. The van der Waals surface area contributed by atoms with Crippen LogP contribution in [0.1, 0.15) is 42.1 Å². The second kappa shape index (κ2) is 8.15. The minimum absolute atomic E-state index is 0.128. The standard InChI is InChI=1S/C24H28N6O/c1-16-24-20-8-7-18(19-14-25-29(2)15-19)13-21(20)23(9-11-30(24)28-27-16)26-22-6-4-3-5-17(22)10-12-31/h3-8,13-16,23-24,26,31H,9-12H2,1-2H3. The first kappa shape index (κ1) is 19.8. The summed E-state index contributed by atoms with van der Waals surface area (Å²) in [7, 11) is 1.94. The van der Waals surface area contributed by atoms with E-state index in [1.165, 1.54) is 11.1 Å². The third-order valence-corrected chi connectivity index (χ3v) is 6.32. The largest absolute Gasteiger partial charge is 0.396 e. The number of hydrogen-bond acceptors (Lipinski definition) is 6. The van der Waals surface area contributed by atoms with Gasteiger partial charge in [0.2, 0.25) is 0 Å². The van der Waals surface area contributed by atoms with E-state index >= 15 is 0 Å². The lowest BCUT2D eigenvalue weighted by Gasteiger charge is -2.25. The Morgan fingerprint density at radius 1 is 1.13 bits per heavy atom. The zero-order chi connectivity index (χ0) is 21.4. The van der Waals surface area contributed by atoms with Gasteiger partial charge < -0.3 is 10.4 Å². The number of aromatic nitrogens is 2. The molecule has 0 aliphatic carbocycles. The summed E-state index contributed by atoms with van der Waals surface area (Å²) in [6, 6.07) is 15.4. The molecule has 160 valence electrons. The molecule has 0 saturated carbocycles. The minimum atomic E-state index is 0.128. The van der Waals surface area contributed by atoms with Crippen molar-refractivity contribution < 1.29 is 5.11 Å². The Bertz CT molecular complexity index is 1110. The van der Waals surface area contributed by atoms with Crippen molar-refractivity contribution in [3.8, 4) is 11.1 Å².